The molecule has 0 spiro atoms. The minimum atomic E-state index is -4.53. The Labute approximate surface area is 240 Å². The van der Waals surface area contributed by atoms with Crippen LogP contribution in [0.15, 0.2) is 48.1 Å². The van der Waals surface area contributed by atoms with Gasteiger partial charge in [-0.3, -0.25) is 9.69 Å². The first-order chi connectivity index (χ1) is 19.7. The van der Waals surface area contributed by atoms with Crippen LogP contribution in [0.2, 0.25) is 0 Å². The molecule has 6 rings (SSSR count). The van der Waals surface area contributed by atoms with Gasteiger partial charge in [0.25, 0.3) is 5.91 Å². The van der Waals surface area contributed by atoms with Gasteiger partial charge in [-0.05, 0) is 67.8 Å². The highest BCUT2D eigenvalue weighted by atomic mass is 32.1. The molecule has 0 unspecified atom stereocenters. The zero-order valence-corrected chi connectivity index (χ0v) is 23.7. The third kappa shape index (κ3) is 6.07. The van der Waals surface area contributed by atoms with Crippen molar-refractivity contribution in [1.82, 2.24) is 19.8 Å². The second-order valence-electron chi connectivity index (χ2n) is 10.9. The first kappa shape index (κ1) is 27.6. The van der Waals surface area contributed by atoms with Crippen LogP contribution in [0.25, 0.3) is 21.3 Å². The van der Waals surface area contributed by atoms with E-state index >= 15 is 0 Å². The largest absolute Gasteiger partial charge is 0.416 e. The van der Waals surface area contributed by atoms with Crippen molar-refractivity contribution in [1.29, 1.82) is 0 Å². The molecule has 2 aromatic carbocycles. The highest BCUT2D eigenvalue weighted by Gasteiger charge is 2.34. The fourth-order valence-electron chi connectivity index (χ4n) is 5.13. The predicted octanol–water partition coefficient (Wildman–Crippen LogP) is 6.26. The Hall–Kier alpha value is -3.54. The zero-order chi connectivity index (χ0) is 28.7. The van der Waals surface area contributed by atoms with Crippen molar-refractivity contribution >= 4 is 39.0 Å². The number of piperazine rings is 1. The molecule has 1 saturated carbocycles. The van der Waals surface area contributed by atoms with E-state index in [0.29, 0.717) is 24.7 Å². The predicted molar refractivity (Wildman–Crippen MR) is 156 cm³/mol. The average molecular weight is 581 g/mol. The van der Waals surface area contributed by atoms with Gasteiger partial charge >= 0.3 is 6.18 Å². The Morgan fingerprint density at radius 1 is 1.05 bits per heavy atom. The van der Waals surface area contributed by atoms with Gasteiger partial charge in [0.15, 0.2) is 0 Å². The molecule has 1 aliphatic carbocycles. The molecule has 2 aliphatic rings. The van der Waals surface area contributed by atoms with Crippen molar-refractivity contribution in [2.24, 2.45) is 0 Å². The first-order valence-electron chi connectivity index (χ1n) is 13.7. The van der Waals surface area contributed by atoms with Gasteiger partial charge in [0.05, 0.1) is 15.8 Å². The molecule has 1 amide bonds. The van der Waals surface area contributed by atoms with E-state index in [-0.39, 0.29) is 17.8 Å². The molecule has 1 aliphatic heterocycles. The number of hydrogen-bond donors (Lipinski definition) is 2. The standard InChI is InChI=1S/C30H31F3N6OS/c1-18-3-4-19(13-23(18)24-16-41-27-26(24)34-17-35-28(27)36-21-7-8-21)29(40)37-22-6-5-20(25(14-22)30(31,32)33)15-39-11-9-38(2)10-12-39/h3-6,13-14,16-17,21H,7-12,15H2,1-2H3,(H,37,40)(H,34,35,36). The molecule has 3 heterocycles. The number of likely N-dealkylation sites (N-methyl/N-ethyl adjacent to an activating group) is 1. The van der Waals surface area contributed by atoms with E-state index in [1.807, 2.05) is 30.3 Å². The molecule has 4 aromatic rings. The molecule has 0 radical (unpaired) electrons. The monoisotopic (exact) mass is 580 g/mol. The number of nitrogens with one attached hydrogen (secondary N) is 2. The Bertz CT molecular complexity index is 1590. The molecule has 11 heteroatoms. The Kier molecular flexibility index (Phi) is 7.43. The van der Waals surface area contributed by atoms with Gasteiger partial charge in [-0.15, -0.1) is 11.3 Å². The number of benzene rings is 2. The van der Waals surface area contributed by atoms with Crippen molar-refractivity contribution in [3.8, 4) is 11.1 Å². The summed E-state index contributed by atoms with van der Waals surface area (Å²) in [6, 6.07) is 9.81. The van der Waals surface area contributed by atoms with Crippen LogP contribution < -0.4 is 10.6 Å². The summed E-state index contributed by atoms with van der Waals surface area (Å²) in [4.78, 5) is 26.4. The minimum absolute atomic E-state index is 0.107. The van der Waals surface area contributed by atoms with Crippen LogP contribution in [0, 0.1) is 6.92 Å². The topological polar surface area (TPSA) is 73.4 Å². The lowest BCUT2D eigenvalue weighted by atomic mass is 9.99. The number of halogens is 3. The summed E-state index contributed by atoms with van der Waals surface area (Å²) in [7, 11) is 2.01. The van der Waals surface area contributed by atoms with E-state index in [1.165, 1.54) is 6.07 Å². The smallest absolute Gasteiger partial charge is 0.366 e. The number of aryl methyl sites for hydroxylation is 1. The van der Waals surface area contributed by atoms with Gasteiger partial charge in [-0.2, -0.15) is 13.2 Å². The number of anilines is 2. The number of thiophene rings is 1. The van der Waals surface area contributed by atoms with Crippen molar-refractivity contribution in [3.05, 3.63) is 70.4 Å². The molecule has 2 fully saturated rings. The molecule has 0 bridgehead atoms. The summed E-state index contributed by atoms with van der Waals surface area (Å²) in [6.07, 6.45) is -0.734. The summed E-state index contributed by atoms with van der Waals surface area (Å²) in [5, 5.41) is 8.14. The normalized spacial score (nSPS) is 16.7. The van der Waals surface area contributed by atoms with E-state index < -0.39 is 17.6 Å². The van der Waals surface area contributed by atoms with Gasteiger partial charge in [-0.25, -0.2) is 9.97 Å². The average Bonchev–Trinajstić information content (AvgIpc) is 3.65. The number of alkyl halides is 3. The van der Waals surface area contributed by atoms with Crippen LogP contribution in [0.5, 0.6) is 0 Å². The van der Waals surface area contributed by atoms with E-state index in [9.17, 15) is 18.0 Å². The van der Waals surface area contributed by atoms with Crippen LogP contribution in [-0.4, -0.2) is 64.9 Å². The van der Waals surface area contributed by atoms with E-state index in [1.54, 1.807) is 35.9 Å². The molecule has 1 saturated heterocycles. The molecule has 2 aromatic heterocycles. The summed E-state index contributed by atoms with van der Waals surface area (Å²) in [5.41, 5.74) is 3.45. The lowest BCUT2D eigenvalue weighted by molar-refractivity contribution is -0.138. The highest BCUT2D eigenvalue weighted by Crippen LogP contribution is 2.39. The lowest BCUT2D eigenvalue weighted by Gasteiger charge is -2.33. The van der Waals surface area contributed by atoms with Gasteiger partial charge in [0.1, 0.15) is 12.1 Å². The SMILES string of the molecule is Cc1ccc(C(=O)Nc2ccc(CN3CCN(C)CC3)c(C(F)(F)F)c2)cc1-c1csc2c(NC3CC3)ncnc12. The molecule has 41 heavy (non-hydrogen) atoms. The quantitative estimate of drug-likeness (QED) is 0.269. The minimum Gasteiger partial charge on any atom is -0.366 e. The second-order valence-corrected chi connectivity index (χ2v) is 11.8. The summed E-state index contributed by atoms with van der Waals surface area (Å²) in [5.74, 6) is 0.341. The van der Waals surface area contributed by atoms with Crippen LogP contribution in [0.3, 0.4) is 0 Å². The van der Waals surface area contributed by atoms with Gasteiger partial charge in [0, 0.05) is 61.0 Å². The maximum absolute atomic E-state index is 14.0. The maximum atomic E-state index is 14.0. The number of carbonyl (C=O) groups excluding carboxylic acids is 1. The Morgan fingerprint density at radius 3 is 2.56 bits per heavy atom. The molecular weight excluding hydrogens is 549 g/mol. The van der Waals surface area contributed by atoms with E-state index in [2.05, 4.69) is 25.5 Å². The lowest BCUT2D eigenvalue weighted by Crippen LogP contribution is -2.44. The number of fused-ring (bicyclic) bond motifs is 1. The number of rotatable bonds is 7. The summed E-state index contributed by atoms with van der Waals surface area (Å²) < 4.78 is 43.1. The molecule has 7 nitrogen and oxygen atoms in total. The Balaban J connectivity index is 1.24. The third-order valence-electron chi connectivity index (χ3n) is 7.72. The van der Waals surface area contributed by atoms with Crippen LogP contribution in [0.4, 0.5) is 24.7 Å². The van der Waals surface area contributed by atoms with Gasteiger partial charge < -0.3 is 15.5 Å². The maximum Gasteiger partial charge on any atom is 0.416 e. The zero-order valence-electron chi connectivity index (χ0n) is 22.9. The second kappa shape index (κ2) is 11.0. The molecular formula is C30H31F3N6OS. The number of hydrogen-bond acceptors (Lipinski definition) is 7. The van der Waals surface area contributed by atoms with Crippen molar-refractivity contribution < 1.29 is 18.0 Å². The van der Waals surface area contributed by atoms with Crippen LogP contribution in [0.1, 0.15) is 39.9 Å². The number of nitrogens with zero attached hydrogens (tertiary/aromatic N) is 4. The van der Waals surface area contributed by atoms with Crippen LogP contribution in [-0.2, 0) is 12.7 Å². The van der Waals surface area contributed by atoms with Crippen LogP contribution >= 0.6 is 11.3 Å². The fourth-order valence-corrected chi connectivity index (χ4v) is 6.10. The number of carbonyl (C=O) groups is 1. The molecule has 214 valence electrons. The summed E-state index contributed by atoms with van der Waals surface area (Å²) >= 11 is 1.55. The summed E-state index contributed by atoms with van der Waals surface area (Å²) in [6.45, 7) is 5.24. The molecule has 2 N–H and O–H groups in total. The number of aromatic nitrogens is 2. The van der Waals surface area contributed by atoms with E-state index in [0.717, 1.165) is 64.7 Å². The third-order valence-corrected chi connectivity index (χ3v) is 8.70. The van der Waals surface area contributed by atoms with Gasteiger partial charge in [0.2, 0.25) is 0 Å². The fraction of sp³-hybridized carbons (Fsp3) is 0.367. The first-order valence-corrected chi connectivity index (χ1v) is 14.6. The molecule has 0 atom stereocenters. The van der Waals surface area contributed by atoms with Gasteiger partial charge in [-0.1, -0.05) is 12.1 Å². The van der Waals surface area contributed by atoms with Crippen molar-refractivity contribution in [2.75, 3.05) is 43.9 Å². The number of amides is 1. The van der Waals surface area contributed by atoms with E-state index in [4.69, 9.17) is 0 Å². The van der Waals surface area contributed by atoms with Crippen molar-refractivity contribution in [3.63, 3.8) is 0 Å². The Morgan fingerprint density at radius 2 is 1.83 bits per heavy atom. The highest BCUT2D eigenvalue weighted by molar-refractivity contribution is 7.18. The van der Waals surface area contributed by atoms with Crippen molar-refractivity contribution in [2.45, 2.75) is 38.5 Å².